The van der Waals surface area contributed by atoms with Gasteiger partial charge >= 0.3 is 0 Å². The Morgan fingerprint density at radius 2 is 1.55 bits per heavy atom. The van der Waals surface area contributed by atoms with E-state index in [-0.39, 0.29) is 11.6 Å². The van der Waals surface area contributed by atoms with E-state index in [9.17, 15) is 9.59 Å². The number of aryl methyl sites for hydroxylation is 1. The highest BCUT2D eigenvalue weighted by Crippen LogP contribution is 2.39. The SMILES string of the molecule is Cn1cnc(Sc2cccc3c2C(=O)c2cccc(Sc4ncn[nH]4)c2C3=O)n1. The molecule has 2 aromatic heterocycles. The van der Waals surface area contributed by atoms with Crippen molar-refractivity contribution in [2.24, 2.45) is 7.05 Å². The Morgan fingerprint density at radius 1 is 0.897 bits per heavy atom. The van der Waals surface area contributed by atoms with Crippen molar-refractivity contribution in [1.82, 2.24) is 29.9 Å². The number of nitrogens with one attached hydrogen (secondary N) is 1. The number of ketones is 2. The fourth-order valence-electron chi connectivity index (χ4n) is 3.16. The van der Waals surface area contributed by atoms with E-state index in [0.29, 0.717) is 42.4 Å². The molecule has 0 aliphatic heterocycles. The van der Waals surface area contributed by atoms with Gasteiger partial charge in [-0.3, -0.25) is 19.4 Å². The largest absolute Gasteiger partial charge is 0.289 e. The first-order valence-electron chi connectivity index (χ1n) is 8.54. The maximum atomic E-state index is 13.4. The fourth-order valence-corrected chi connectivity index (χ4v) is 4.94. The quantitative estimate of drug-likeness (QED) is 0.473. The van der Waals surface area contributed by atoms with Gasteiger partial charge in [-0.1, -0.05) is 24.3 Å². The molecule has 4 aromatic rings. The van der Waals surface area contributed by atoms with Crippen LogP contribution in [0.3, 0.4) is 0 Å². The van der Waals surface area contributed by atoms with Crippen LogP contribution in [0.15, 0.2) is 69.2 Å². The molecule has 142 valence electrons. The van der Waals surface area contributed by atoms with Crippen LogP contribution in [-0.2, 0) is 7.05 Å². The third kappa shape index (κ3) is 3.06. The lowest BCUT2D eigenvalue weighted by Gasteiger charge is -2.21. The number of carbonyl (C=O) groups is 2. The van der Waals surface area contributed by atoms with Crippen LogP contribution in [-0.4, -0.2) is 41.5 Å². The third-order valence-corrected chi connectivity index (χ3v) is 6.26. The Balaban J connectivity index is 1.61. The van der Waals surface area contributed by atoms with Gasteiger partial charge in [-0.05, 0) is 35.7 Å². The molecule has 0 bridgehead atoms. The number of hydrogen-bond acceptors (Lipinski definition) is 8. The number of aromatic amines is 1. The van der Waals surface area contributed by atoms with Crippen molar-refractivity contribution in [2.45, 2.75) is 20.1 Å². The summed E-state index contributed by atoms with van der Waals surface area (Å²) in [4.78, 5) is 36.3. The van der Waals surface area contributed by atoms with Crippen molar-refractivity contribution >= 4 is 35.1 Å². The van der Waals surface area contributed by atoms with E-state index in [0.717, 1.165) is 0 Å². The van der Waals surface area contributed by atoms with Crippen molar-refractivity contribution in [1.29, 1.82) is 0 Å². The van der Waals surface area contributed by atoms with Crippen LogP contribution in [0.1, 0.15) is 31.8 Å². The molecule has 0 unspecified atom stereocenters. The molecular weight excluding hydrogens is 408 g/mol. The van der Waals surface area contributed by atoms with Gasteiger partial charge in [0.25, 0.3) is 0 Å². The first kappa shape index (κ1) is 17.8. The summed E-state index contributed by atoms with van der Waals surface area (Å²) < 4.78 is 1.59. The average molecular weight is 420 g/mol. The number of rotatable bonds is 4. The molecule has 0 spiro atoms. The first-order chi connectivity index (χ1) is 14.1. The fraction of sp³-hybridized carbons (Fsp3) is 0.0526. The van der Waals surface area contributed by atoms with Crippen LogP contribution in [0.5, 0.6) is 0 Å². The maximum Gasteiger partial charge on any atom is 0.213 e. The number of fused-ring (bicyclic) bond motifs is 2. The average Bonchev–Trinajstić information content (AvgIpc) is 3.37. The van der Waals surface area contributed by atoms with Gasteiger partial charge in [-0.25, -0.2) is 9.97 Å². The van der Waals surface area contributed by atoms with Gasteiger partial charge in [0, 0.05) is 39.1 Å². The van der Waals surface area contributed by atoms with Crippen molar-refractivity contribution in [3.8, 4) is 0 Å². The zero-order chi connectivity index (χ0) is 20.0. The summed E-state index contributed by atoms with van der Waals surface area (Å²) in [6.45, 7) is 0. The molecular formula is C19H12N6O2S2. The Kier molecular flexibility index (Phi) is 4.29. The number of benzene rings is 2. The van der Waals surface area contributed by atoms with E-state index in [2.05, 4.69) is 25.3 Å². The summed E-state index contributed by atoms with van der Waals surface area (Å²) in [6, 6.07) is 10.5. The minimum absolute atomic E-state index is 0.186. The molecule has 1 N–H and O–H groups in total. The zero-order valence-electron chi connectivity index (χ0n) is 15.0. The minimum Gasteiger partial charge on any atom is -0.289 e. The molecule has 0 saturated heterocycles. The molecule has 10 heteroatoms. The minimum atomic E-state index is -0.186. The molecule has 0 radical (unpaired) electrons. The number of hydrogen-bond donors (Lipinski definition) is 1. The zero-order valence-corrected chi connectivity index (χ0v) is 16.6. The summed E-state index contributed by atoms with van der Waals surface area (Å²) >= 11 is 2.54. The van der Waals surface area contributed by atoms with Gasteiger partial charge in [0.1, 0.15) is 12.7 Å². The highest BCUT2D eigenvalue weighted by molar-refractivity contribution is 7.99. The second kappa shape index (κ2) is 6.98. The van der Waals surface area contributed by atoms with Crippen LogP contribution in [0, 0.1) is 0 Å². The van der Waals surface area contributed by atoms with E-state index >= 15 is 0 Å². The van der Waals surface area contributed by atoms with E-state index in [4.69, 9.17) is 0 Å². The van der Waals surface area contributed by atoms with Gasteiger partial charge in [-0.2, -0.15) is 5.10 Å². The molecule has 2 heterocycles. The number of H-pyrrole nitrogens is 1. The second-order valence-corrected chi connectivity index (χ2v) is 8.25. The Morgan fingerprint density at radius 3 is 2.10 bits per heavy atom. The van der Waals surface area contributed by atoms with Crippen LogP contribution in [0.25, 0.3) is 0 Å². The van der Waals surface area contributed by atoms with Gasteiger partial charge in [-0.15, -0.1) is 5.10 Å². The molecule has 5 rings (SSSR count). The molecule has 1 aliphatic rings. The predicted molar refractivity (Wildman–Crippen MR) is 105 cm³/mol. The molecule has 29 heavy (non-hydrogen) atoms. The predicted octanol–water partition coefficient (Wildman–Crippen LogP) is 3.01. The van der Waals surface area contributed by atoms with Crippen LogP contribution in [0.2, 0.25) is 0 Å². The summed E-state index contributed by atoms with van der Waals surface area (Å²) in [5.74, 6) is -0.373. The van der Waals surface area contributed by atoms with Gasteiger partial charge in [0.05, 0.1) is 0 Å². The van der Waals surface area contributed by atoms with Crippen molar-refractivity contribution in [3.63, 3.8) is 0 Å². The molecule has 0 fully saturated rings. The Labute approximate surface area is 173 Å². The van der Waals surface area contributed by atoms with E-state index < -0.39 is 0 Å². The second-order valence-electron chi connectivity index (χ2n) is 6.21. The summed E-state index contributed by atoms with van der Waals surface area (Å²) in [7, 11) is 1.77. The monoisotopic (exact) mass is 420 g/mol. The van der Waals surface area contributed by atoms with Gasteiger partial charge in [0.2, 0.25) is 5.16 Å². The standard InChI is InChI=1S/C19H12N6O2S2/c1-25-9-21-19(24-25)29-13-7-3-5-11-15(13)17(27)10-4-2-6-12(14(10)16(11)26)28-18-20-8-22-23-18/h2-9H,1H3,(H,20,22,23). The smallest absolute Gasteiger partial charge is 0.213 e. The van der Waals surface area contributed by atoms with Gasteiger partial charge < -0.3 is 0 Å². The Hall–Kier alpha value is -3.24. The number of carbonyl (C=O) groups excluding carboxylic acids is 2. The molecule has 0 saturated carbocycles. The topological polar surface area (TPSA) is 106 Å². The van der Waals surface area contributed by atoms with Crippen LogP contribution < -0.4 is 0 Å². The van der Waals surface area contributed by atoms with Crippen LogP contribution in [0.4, 0.5) is 0 Å². The van der Waals surface area contributed by atoms with E-state index in [1.807, 2.05) is 6.07 Å². The lowest BCUT2D eigenvalue weighted by atomic mass is 9.84. The number of nitrogens with zero attached hydrogens (tertiary/aromatic N) is 5. The molecule has 0 amide bonds. The number of aromatic nitrogens is 6. The summed E-state index contributed by atoms with van der Waals surface area (Å²) in [6.07, 6.45) is 2.99. The molecule has 8 nitrogen and oxygen atoms in total. The van der Waals surface area contributed by atoms with Crippen LogP contribution >= 0.6 is 23.5 Å². The summed E-state index contributed by atoms with van der Waals surface area (Å²) in [5.41, 5.74) is 1.55. The highest BCUT2D eigenvalue weighted by atomic mass is 32.2. The molecule has 0 atom stereocenters. The lowest BCUT2D eigenvalue weighted by molar-refractivity contribution is 0.0974. The molecule has 1 aliphatic carbocycles. The molecule has 2 aromatic carbocycles. The van der Waals surface area contributed by atoms with E-state index in [1.165, 1.54) is 29.9 Å². The summed E-state index contributed by atoms with van der Waals surface area (Å²) in [5, 5.41) is 11.9. The van der Waals surface area contributed by atoms with Crippen molar-refractivity contribution in [3.05, 3.63) is 71.3 Å². The van der Waals surface area contributed by atoms with Crippen molar-refractivity contribution in [2.75, 3.05) is 0 Å². The Bertz CT molecular complexity index is 1270. The first-order valence-corrected chi connectivity index (χ1v) is 10.2. The highest BCUT2D eigenvalue weighted by Gasteiger charge is 2.34. The third-order valence-electron chi connectivity index (χ3n) is 4.38. The normalized spacial score (nSPS) is 12.7. The maximum absolute atomic E-state index is 13.4. The van der Waals surface area contributed by atoms with Crippen molar-refractivity contribution < 1.29 is 9.59 Å². The van der Waals surface area contributed by atoms with E-state index in [1.54, 1.807) is 48.4 Å². The van der Waals surface area contributed by atoms with Gasteiger partial charge in [0.15, 0.2) is 16.7 Å². The lowest BCUT2D eigenvalue weighted by Crippen LogP contribution is -2.22.